The Bertz CT molecular complexity index is 384. The zero-order valence-electron chi connectivity index (χ0n) is 8.81. The molecule has 2 heterocycles. The second kappa shape index (κ2) is 4.18. The van der Waals surface area contributed by atoms with E-state index in [1.54, 1.807) is 0 Å². The summed E-state index contributed by atoms with van der Waals surface area (Å²) in [5, 5.41) is 3.53. The molecule has 1 fully saturated rings. The molecule has 0 atom stereocenters. The van der Waals surface area contributed by atoms with Crippen molar-refractivity contribution < 1.29 is 14.1 Å². The van der Waals surface area contributed by atoms with Crippen LogP contribution in [0, 0.1) is 0 Å². The van der Waals surface area contributed by atoms with Crippen molar-refractivity contribution in [1.82, 2.24) is 10.1 Å². The fraction of sp³-hybridized carbons (Fsp3) is 0.667. The molecule has 7 heteroatoms. The van der Waals surface area contributed by atoms with E-state index < -0.39 is 5.91 Å². The van der Waals surface area contributed by atoms with Crippen molar-refractivity contribution in [2.24, 2.45) is 11.5 Å². The number of hydrogen-bond acceptors (Lipinski definition) is 6. The first-order valence-electron chi connectivity index (χ1n) is 5.10. The number of carbonyl (C=O) groups is 1. The maximum absolute atomic E-state index is 10.9. The Balaban J connectivity index is 2.28. The van der Waals surface area contributed by atoms with Crippen LogP contribution in [0.2, 0.25) is 0 Å². The molecule has 16 heavy (non-hydrogen) atoms. The minimum absolute atomic E-state index is 0.102. The fourth-order valence-corrected chi connectivity index (χ4v) is 1.81. The highest BCUT2D eigenvalue weighted by molar-refractivity contribution is 5.88. The van der Waals surface area contributed by atoms with Gasteiger partial charge in [0.2, 0.25) is 5.89 Å². The van der Waals surface area contributed by atoms with Crippen LogP contribution >= 0.6 is 0 Å². The van der Waals surface area contributed by atoms with Gasteiger partial charge in [-0.15, -0.1) is 0 Å². The molecule has 88 valence electrons. The van der Waals surface area contributed by atoms with Crippen molar-refractivity contribution in [2.75, 3.05) is 19.8 Å². The summed E-state index contributed by atoms with van der Waals surface area (Å²) < 4.78 is 10.3. The molecule has 1 aliphatic heterocycles. The summed E-state index contributed by atoms with van der Waals surface area (Å²) in [5.41, 5.74) is 10.4. The summed E-state index contributed by atoms with van der Waals surface area (Å²) in [7, 11) is 0. The monoisotopic (exact) mass is 226 g/mol. The smallest absolute Gasteiger partial charge is 0.290 e. The summed E-state index contributed by atoms with van der Waals surface area (Å²) in [4.78, 5) is 14.9. The lowest BCUT2D eigenvalue weighted by molar-refractivity contribution is 0.0409. The van der Waals surface area contributed by atoms with Crippen LogP contribution in [0.15, 0.2) is 4.52 Å². The van der Waals surface area contributed by atoms with E-state index >= 15 is 0 Å². The van der Waals surface area contributed by atoms with Gasteiger partial charge in [0.25, 0.3) is 11.7 Å². The van der Waals surface area contributed by atoms with Crippen molar-refractivity contribution in [3.05, 3.63) is 11.7 Å². The van der Waals surface area contributed by atoms with E-state index in [0.29, 0.717) is 38.5 Å². The number of hydrogen-bond donors (Lipinski definition) is 2. The number of carbonyl (C=O) groups excluding carboxylic acids is 1. The van der Waals surface area contributed by atoms with Gasteiger partial charge in [-0.25, -0.2) is 0 Å². The highest BCUT2D eigenvalue weighted by atomic mass is 16.5. The van der Waals surface area contributed by atoms with E-state index in [4.69, 9.17) is 20.7 Å². The summed E-state index contributed by atoms with van der Waals surface area (Å²) in [6, 6.07) is 0. The molecule has 1 aromatic rings. The summed E-state index contributed by atoms with van der Waals surface area (Å²) in [5.74, 6) is -0.421. The number of primary amides is 1. The average Bonchev–Trinajstić information content (AvgIpc) is 2.80. The zero-order valence-corrected chi connectivity index (χ0v) is 8.81. The van der Waals surface area contributed by atoms with Crippen molar-refractivity contribution in [3.8, 4) is 0 Å². The Labute approximate surface area is 92.1 Å². The van der Waals surface area contributed by atoms with Crippen LogP contribution in [0.25, 0.3) is 0 Å². The van der Waals surface area contributed by atoms with Crippen LogP contribution in [0.5, 0.6) is 0 Å². The molecule has 0 saturated carbocycles. The molecule has 0 unspecified atom stereocenters. The largest absolute Gasteiger partial charge is 0.381 e. The highest BCUT2D eigenvalue weighted by Crippen LogP contribution is 2.32. The fourth-order valence-electron chi connectivity index (χ4n) is 1.81. The number of ether oxygens (including phenoxy) is 1. The van der Waals surface area contributed by atoms with E-state index in [2.05, 4.69) is 10.1 Å². The number of nitrogens with zero attached hydrogens (tertiary/aromatic N) is 2. The number of rotatable bonds is 3. The van der Waals surface area contributed by atoms with Gasteiger partial charge in [0.1, 0.15) is 0 Å². The number of amides is 1. The third kappa shape index (κ3) is 1.79. The van der Waals surface area contributed by atoms with E-state index in [-0.39, 0.29) is 11.2 Å². The summed E-state index contributed by atoms with van der Waals surface area (Å²) in [6.45, 7) is 1.59. The number of aromatic nitrogens is 2. The Hall–Kier alpha value is -1.47. The average molecular weight is 226 g/mol. The number of nitrogens with two attached hydrogens (primary N) is 2. The topological polar surface area (TPSA) is 117 Å². The lowest BCUT2D eigenvalue weighted by atomic mass is 9.80. The van der Waals surface area contributed by atoms with Crippen LogP contribution in [0.4, 0.5) is 0 Å². The molecule has 1 aliphatic rings. The van der Waals surface area contributed by atoms with Crippen LogP contribution in [0.1, 0.15) is 29.4 Å². The minimum Gasteiger partial charge on any atom is -0.381 e. The molecule has 7 nitrogen and oxygen atoms in total. The molecular weight excluding hydrogens is 212 g/mol. The van der Waals surface area contributed by atoms with Crippen molar-refractivity contribution >= 4 is 5.91 Å². The Morgan fingerprint density at radius 3 is 2.62 bits per heavy atom. The van der Waals surface area contributed by atoms with E-state index in [9.17, 15) is 4.79 Å². The second-order valence-electron chi connectivity index (χ2n) is 3.88. The van der Waals surface area contributed by atoms with Crippen LogP contribution in [0.3, 0.4) is 0 Å². The third-order valence-corrected chi connectivity index (χ3v) is 2.94. The Morgan fingerprint density at radius 1 is 1.44 bits per heavy atom. The lowest BCUT2D eigenvalue weighted by Crippen LogP contribution is -2.41. The first-order valence-corrected chi connectivity index (χ1v) is 5.10. The molecule has 2 rings (SSSR count). The van der Waals surface area contributed by atoms with E-state index in [1.807, 2.05) is 0 Å². The predicted molar refractivity (Wildman–Crippen MR) is 53.6 cm³/mol. The van der Waals surface area contributed by atoms with Gasteiger partial charge in [-0.2, -0.15) is 4.98 Å². The minimum atomic E-state index is -0.700. The summed E-state index contributed by atoms with van der Waals surface area (Å²) >= 11 is 0. The van der Waals surface area contributed by atoms with Crippen molar-refractivity contribution in [3.63, 3.8) is 0 Å². The van der Waals surface area contributed by atoms with Gasteiger partial charge in [0.15, 0.2) is 0 Å². The Kier molecular flexibility index (Phi) is 2.88. The van der Waals surface area contributed by atoms with Gasteiger partial charge >= 0.3 is 0 Å². The maximum Gasteiger partial charge on any atom is 0.290 e. The standard InChI is InChI=1S/C9H14N4O3/c10-5-9(1-3-15-4-2-9)8-12-7(6(11)14)13-16-8/h1-5,10H2,(H2,11,14). The first kappa shape index (κ1) is 11.0. The molecule has 1 saturated heterocycles. The van der Waals surface area contributed by atoms with Gasteiger partial charge in [-0.05, 0) is 12.8 Å². The van der Waals surface area contributed by atoms with Crippen LogP contribution in [-0.2, 0) is 10.2 Å². The van der Waals surface area contributed by atoms with E-state index in [1.165, 1.54) is 0 Å². The SMILES string of the molecule is NCC1(c2nc(C(N)=O)no2)CCOCC1. The predicted octanol–water partition coefficient (Wildman–Crippen LogP) is -0.825. The normalized spacial score (nSPS) is 19.6. The molecule has 0 radical (unpaired) electrons. The van der Waals surface area contributed by atoms with E-state index in [0.717, 1.165) is 0 Å². The van der Waals surface area contributed by atoms with Gasteiger partial charge in [-0.1, -0.05) is 5.16 Å². The molecule has 0 bridgehead atoms. The molecule has 0 aromatic carbocycles. The zero-order chi connectivity index (χ0) is 11.6. The first-order chi connectivity index (χ1) is 7.68. The second-order valence-corrected chi connectivity index (χ2v) is 3.88. The molecule has 0 aliphatic carbocycles. The molecule has 4 N–H and O–H groups in total. The van der Waals surface area contributed by atoms with Gasteiger partial charge < -0.3 is 20.7 Å². The van der Waals surface area contributed by atoms with Crippen LogP contribution in [-0.4, -0.2) is 35.8 Å². The van der Waals surface area contributed by atoms with Crippen molar-refractivity contribution in [1.29, 1.82) is 0 Å². The van der Waals surface area contributed by atoms with Gasteiger partial charge in [-0.3, -0.25) is 4.79 Å². The molecular formula is C9H14N4O3. The quantitative estimate of drug-likeness (QED) is 0.695. The maximum atomic E-state index is 10.9. The molecule has 1 amide bonds. The highest BCUT2D eigenvalue weighted by Gasteiger charge is 2.38. The Morgan fingerprint density at radius 2 is 2.12 bits per heavy atom. The molecule has 1 aromatic heterocycles. The van der Waals surface area contributed by atoms with Crippen LogP contribution < -0.4 is 11.5 Å². The third-order valence-electron chi connectivity index (χ3n) is 2.94. The van der Waals surface area contributed by atoms with Crippen molar-refractivity contribution in [2.45, 2.75) is 18.3 Å². The van der Waals surface area contributed by atoms with Gasteiger partial charge in [0.05, 0.1) is 5.41 Å². The molecule has 0 spiro atoms. The van der Waals surface area contributed by atoms with Gasteiger partial charge in [0, 0.05) is 19.8 Å². The summed E-state index contributed by atoms with van der Waals surface area (Å²) in [6.07, 6.45) is 1.42. The lowest BCUT2D eigenvalue weighted by Gasteiger charge is -2.32.